The molecule has 0 heterocycles. The van der Waals surface area contributed by atoms with Crippen LogP contribution in [-0.4, -0.2) is 20.3 Å². The summed E-state index contributed by atoms with van der Waals surface area (Å²) in [5.41, 5.74) is 0.881. The summed E-state index contributed by atoms with van der Waals surface area (Å²) in [4.78, 5) is 0. The molecule has 1 aromatic carbocycles. The average molecular weight is 260 g/mol. The van der Waals surface area contributed by atoms with Crippen LogP contribution in [-0.2, 0) is 11.3 Å². The topological polar surface area (TPSA) is 21.3 Å². The van der Waals surface area contributed by atoms with E-state index in [1.807, 2.05) is 0 Å². The molecule has 0 amide bonds. The number of methoxy groups -OCH3 is 1. The first-order valence-corrected chi connectivity index (χ1v) is 6.25. The van der Waals surface area contributed by atoms with Gasteiger partial charge in [0.2, 0.25) is 0 Å². The largest absolute Gasteiger partial charge is 0.385 e. The molecule has 0 fully saturated rings. The van der Waals surface area contributed by atoms with Gasteiger partial charge in [-0.15, -0.1) is 0 Å². The molecular weight excluding hydrogens is 241 g/mol. The van der Waals surface area contributed by atoms with Crippen molar-refractivity contribution >= 4 is 11.6 Å². The molecule has 17 heavy (non-hydrogen) atoms. The maximum atomic E-state index is 13.0. The lowest BCUT2D eigenvalue weighted by molar-refractivity contribution is 0.192. The minimum atomic E-state index is -0.283. The van der Waals surface area contributed by atoms with Crippen LogP contribution in [0.25, 0.3) is 0 Å². The van der Waals surface area contributed by atoms with Crippen LogP contribution in [0.3, 0.4) is 0 Å². The third-order valence-electron chi connectivity index (χ3n) is 2.45. The van der Waals surface area contributed by atoms with Crippen molar-refractivity contribution in [3.05, 3.63) is 34.6 Å². The van der Waals surface area contributed by atoms with Crippen LogP contribution in [0.5, 0.6) is 0 Å². The highest BCUT2D eigenvalue weighted by Crippen LogP contribution is 2.13. The summed E-state index contributed by atoms with van der Waals surface area (Å²) in [6, 6.07) is 4.60. The summed E-state index contributed by atoms with van der Waals surface area (Å²) >= 11 is 5.77. The predicted octanol–water partition coefficient (Wildman–Crippen LogP) is 3.39. The minimum Gasteiger partial charge on any atom is -0.385 e. The van der Waals surface area contributed by atoms with Gasteiger partial charge in [-0.2, -0.15) is 0 Å². The number of ether oxygens (including phenoxy) is 1. The molecule has 0 aromatic heterocycles. The standard InChI is InChI=1S/C13H19ClFNO/c1-17-6-4-2-3-5-16-10-11-7-12(14)9-13(15)8-11/h7-9,16H,2-6,10H2,1H3. The van der Waals surface area contributed by atoms with Crippen LogP contribution in [0.15, 0.2) is 18.2 Å². The van der Waals surface area contributed by atoms with E-state index in [4.69, 9.17) is 16.3 Å². The van der Waals surface area contributed by atoms with Gasteiger partial charge in [-0.1, -0.05) is 11.6 Å². The first-order chi connectivity index (χ1) is 8.22. The summed E-state index contributed by atoms with van der Waals surface area (Å²) in [5.74, 6) is -0.283. The maximum absolute atomic E-state index is 13.0. The summed E-state index contributed by atoms with van der Waals surface area (Å²) in [7, 11) is 1.71. The van der Waals surface area contributed by atoms with Gasteiger partial charge in [0.1, 0.15) is 5.82 Å². The number of unbranched alkanes of at least 4 members (excludes halogenated alkanes) is 2. The Morgan fingerprint density at radius 3 is 2.76 bits per heavy atom. The third kappa shape index (κ3) is 6.61. The molecule has 96 valence electrons. The monoisotopic (exact) mass is 259 g/mol. The highest BCUT2D eigenvalue weighted by atomic mass is 35.5. The second-order valence-electron chi connectivity index (χ2n) is 4.01. The quantitative estimate of drug-likeness (QED) is 0.723. The molecule has 0 unspecified atom stereocenters. The highest BCUT2D eigenvalue weighted by Gasteiger charge is 1.98. The van der Waals surface area contributed by atoms with Crippen molar-refractivity contribution in [3.8, 4) is 0 Å². The Morgan fingerprint density at radius 2 is 2.06 bits per heavy atom. The predicted molar refractivity (Wildman–Crippen MR) is 68.8 cm³/mol. The fraction of sp³-hybridized carbons (Fsp3) is 0.538. The van der Waals surface area contributed by atoms with Crippen molar-refractivity contribution in [1.82, 2.24) is 5.32 Å². The van der Waals surface area contributed by atoms with Gasteiger partial charge < -0.3 is 10.1 Å². The Hall–Kier alpha value is -0.640. The molecule has 0 aliphatic rings. The molecule has 4 heteroatoms. The molecule has 0 spiro atoms. The van der Waals surface area contributed by atoms with E-state index < -0.39 is 0 Å². The molecule has 0 saturated carbocycles. The van der Waals surface area contributed by atoms with Gasteiger partial charge in [0, 0.05) is 25.3 Å². The van der Waals surface area contributed by atoms with Crippen molar-refractivity contribution in [3.63, 3.8) is 0 Å². The fourth-order valence-corrected chi connectivity index (χ4v) is 1.86. The molecule has 0 aliphatic carbocycles. The van der Waals surface area contributed by atoms with E-state index in [0.717, 1.165) is 38.0 Å². The van der Waals surface area contributed by atoms with E-state index in [0.29, 0.717) is 11.6 Å². The van der Waals surface area contributed by atoms with Gasteiger partial charge in [0.05, 0.1) is 0 Å². The van der Waals surface area contributed by atoms with E-state index in [-0.39, 0.29) is 5.82 Å². The number of hydrogen-bond donors (Lipinski definition) is 1. The van der Waals surface area contributed by atoms with Crippen LogP contribution in [0.2, 0.25) is 5.02 Å². The molecule has 0 radical (unpaired) electrons. The van der Waals surface area contributed by atoms with Gasteiger partial charge in [-0.05, 0) is 49.6 Å². The zero-order valence-corrected chi connectivity index (χ0v) is 10.9. The fourth-order valence-electron chi connectivity index (χ4n) is 1.62. The minimum absolute atomic E-state index is 0.283. The van der Waals surface area contributed by atoms with Crippen molar-refractivity contribution in [1.29, 1.82) is 0 Å². The first-order valence-electron chi connectivity index (χ1n) is 5.87. The normalized spacial score (nSPS) is 10.8. The van der Waals surface area contributed by atoms with Crippen molar-refractivity contribution < 1.29 is 9.13 Å². The van der Waals surface area contributed by atoms with Gasteiger partial charge in [-0.3, -0.25) is 0 Å². The third-order valence-corrected chi connectivity index (χ3v) is 2.67. The molecule has 0 aliphatic heterocycles. The summed E-state index contributed by atoms with van der Waals surface area (Å²) in [5, 5.41) is 3.71. The van der Waals surface area contributed by atoms with Crippen LogP contribution < -0.4 is 5.32 Å². The molecule has 2 nitrogen and oxygen atoms in total. The summed E-state index contributed by atoms with van der Waals surface area (Å²) < 4.78 is 18.0. The average Bonchev–Trinajstić information content (AvgIpc) is 2.26. The summed E-state index contributed by atoms with van der Waals surface area (Å²) in [6.07, 6.45) is 3.33. The van der Waals surface area contributed by atoms with Gasteiger partial charge in [0.15, 0.2) is 0 Å². The molecule has 1 aromatic rings. The van der Waals surface area contributed by atoms with Crippen LogP contribution >= 0.6 is 11.6 Å². The zero-order chi connectivity index (χ0) is 12.5. The number of halogens is 2. The van der Waals surface area contributed by atoms with E-state index in [2.05, 4.69) is 5.32 Å². The SMILES string of the molecule is COCCCCCNCc1cc(F)cc(Cl)c1. The Bertz CT molecular complexity index is 313. The number of rotatable bonds is 8. The lowest BCUT2D eigenvalue weighted by atomic mass is 10.2. The Kier molecular flexibility index (Phi) is 7.17. The van der Waals surface area contributed by atoms with Crippen molar-refractivity contribution in [2.75, 3.05) is 20.3 Å². The molecule has 0 saturated heterocycles. The van der Waals surface area contributed by atoms with Crippen LogP contribution in [0.4, 0.5) is 4.39 Å². The lowest BCUT2D eigenvalue weighted by Gasteiger charge is -2.05. The van der Waals surface area contributed by atoms with Gasteiger partial charge in [0.25, 0.3) is 0 Å². The smallest absolute Gasteiger partial charge is 0.125 e. The van der Waals surface area contributed by atoms with E-state index in [1.165, 1.54) is 12.1 Å². The number of nitrogens with one attached hydrogen (secondary N) is 1. The summed E-state index contributed by atoms with van der Waals surface area (Å²) in [6.45, 7) is 2.40. The van der Waals surface area contributed by atoms with E-state index >= 15 is 0 Å². The van der Waals surface area contributed by atoms with Crippen LogP contribution in [0.1, 0.15) is 24.8 Å². The second-order valence-corrected chi connectivity index (χ2v) is 4.44. The number of benzene rings is 1. The van der Waals surface area contributed by atoms with Crippen LogP contribution in [0, 0.1) is 5.82 Å². The van der Waals surface area contributed by atoms with E-state index in [9.17, 15) is 4.39 Å². The molecular formula is C13H19ClFNO. The van der Waals surface area contributed by atoms with Gasteiger partial charge in [-0.25, -0.2) is 4.39 Å². The van der Waals surface area contributed by atoms with Crippen molar-refractivity contribution in [2.24, 2.45) is 0 Å². The Labute approximate surface area is 107 Å². The van der Waals surface area contributed by atoms with Crippen molar-refractivity contribution in [2.45, 2.75) is 25.8 Å². The first kappa shape index (κ1) is 14.4. The molecule has 0 bridgehead atoms. The highest BCUT2D eigenvalue weighted by molar-refractivity contribution is 6.30. The molecule has 1 N–H and O–H groups in total. The molecule has 1 rings (SSSR count). The zero-order valence-electron chi connectivity index (χ0n) is 10.1. The van der Waals surface area contributed by atoms with Gasteiger partial charge >= 0.3 is 0 Å². The Balaban J connectivity index is 2.13. The number of hydrogen-bond acceptors (Lipinski definition) is 2. The second kappa shape index (κ2) is 8.45. The lowest BCUT2D eigenvalue weighted by Crippen LogP contribution is -2.14. The maximum Gasteiger partial charge on any atom is 0.125 e. The Morgan fingerprint density at radius 1 is 1.24 bits per heavy atom. The molecule has 0 atom stereocenters. The van der Waals surface area contributed by atoms with E-state index in [1.54, 1.807) is 13.2 Å².